The molecule has 3 saturated heterocycles. The van der Waals surface area contributed by atoms with Crippen molar-refractivity contribution >= 4 is 23.3 Å². The summed E-state index contributed by atoms with van der Waals surface area (Å²) in [5.41, 5.74) is 1.39. The summed E-state index contributed by atoms with van der Waals surface area (Å²) < 4.78 is 0. The second-order valence-electron chi connectivity index (χ2n) is 7.90. The summed E-state index contributed by atoms with van der Waals surface area (Å²) in [6.07, 6.45) is 6.87. The summed E-state index contributed by atoms with van der Waals surface area (Å²) in [4.78, 5) is 33.6. The highest BCUT2D eigenvalue weighted by Gasteiger charge is 2.39. The molecule has 3 fully saturated rings. The number of hydrogen-bond acceptors (Lipinski definition) is 3. The van der Waals surface area contributed by atoms with Crippen molar-refractivity contribution in [2.24, 2.45) is 5.92 Å². The number of thiophene rings is 1. The van der Waals surface area contributed by atoms with Crippen molar-refractivity contribution in [1.82, 2.24) is 14.7 Å². The van der Waals surface area contributed by atoms with Crippen molar-refractivity contribution < 1.29 is 9.59 Å². The SMILES string of the molecule is CN(C)C(=O)N1C[C@@H]2CC[C@H](C1)N(C(=O)c1cc3c(s1)CCCC3)C2. The van der Waals surface area contributed by atoms with E-state index in [-0.39, 0.29) is 18.0 Å². The van der Waals surface area contributed by atoms with E-state index < -0.39 is 0 Å². The molecule has 6 heteroatoms. The Morgan fingerprint density at radius 2 is 1.92 bits per heavy atom. The molecule has 136 valence electrons. The summed E-state index contributed by atoms with van der Waals surface area (Å²) in [5, 5.41) is 0. The average molecular weight is 362 g/mol. The molecular weight excluding hydrogens is 334 g/mol. The molecule has 2 bridgehead atoms. The van der Waals surface area contributed by atoms with E-state index in [2.05, 4.69) is 11.0 Å². The number of aryl methyl sites for hydroxylation is 2. The van der Waals surface area contributed by atoms with Crippen molar-refractivity contribution in [3.63, 3.8) is 0 Å². The number of fused-ring (bicyclic) bond motifs is 5. The first-order valence-corrected chi connectivity index (χ1v) is 10.2. The lowest BCUT2D eigenvalue weighted by molar-refractivity contribution is 0.0590. The molecule has 0 aromatic carbocycles. The van der Waals surface area contributed by atoms with Crippen LogP contribution in [0.5, 0.6) is 0 Å². The molecule has 0 radical (unpaired) electrons. The second kappa shape index (κ2) is 6.63. The van der Waals surface area contributed by atoms with Gasteiger partial charge >= 0.3 is 6.03 Å². The van der Waals surface area contributed by atoms with Crippen LogP contribution in [-0.4, -0.2) is 66.4 Å². The Hall–Kier alpha value is -1.56. The fraction of sp³-hybridized carbons (Fsp3) is 0.684. The first kappa shape index (κ1) is 16.9. The third kappa shape index (κ3) is 3.16. The minimum Gasteiger partial charge on any atom is -0.333 e. The molecule has 0 spiro atoms. The van der Waals surface area contributed by atoms with Crippen LogP contribution in [0.25, 0.3) is 0 Å². The van der Waals surface area contributed by atoms with Gasteiger partial charge in [-0.2, -0.15) is 0 Å². The quantitative estimate of drug-likeness (QED) is 0.772. The summed E-state index contributed by atoms with van der Waals surface area (Å²) >= 11 is 1.70. The fourth-order valence-electron chi connectivity index (χ4n) is 4.51. The van der Waals surface area contributed by atoms with Gasteiger partial charge in [-0.15, -0.1) is 11.3 Å². The number of nitrogens with zero attached hydrogens (tertiary/aromatic N) is 3. The zero-order valence-corrected chi connectivity index (χ0v) is 16.0. The van der Waals surface area contributed by atoms with Gasteiger partial charge in [0.25, 0.3) is 5.91 Å². The standard InChI is InChI=1S/C19H27N3O2S/c1-20(2)19(24)21-10-13-7-8-15(12-21)22(11-13)18(23)17-9-14-5-3-4-6-16(14)25-17/h9,13,15H,3-8,10-12H2,1-2H3/t13-,15+/m0/s1. The largest absolute Gasteiger partial charge is 0.333 e. The minimum absolute atomic E-state index is 0.0674. The third-order valence-corrected chi connectivity index (χ3v) is 7.06. The van der Waals surface area contributed by atoms with Crippen molar-refractivity contribution in [2.75, 3.05) is 33.7 Å². The highest BCUT2D eigenvalue weighted by atomic mass is 32.1. The Kier molecular flexibility index (Phi) is 4.48. The van der Waals surface area contributed by atoms with Crippen LogP contribution in [0.2, 0.25) is 0 Å². The van der Waals surface area contributed by atoms with E-state index in [4.69, 9.17) is 0 Å². The monoisotopic (exact) mass is 361 g/mol. The first-order valence-electron chi connectivity index (χ1n) is 9.41. The van der Waals surface area contributed by atoms with Gasteiger partial charge in [-0.25, -0.2) is 4.79 Å². The highest BCUT2D eigenvalue weighted by Crippen LogP contribution is 2.34. The third-order valence-electron chi connectivity index (χ3n) is 5.83. The molecule has 2 atom stereocenters. The van der Waals surface area contributed by atoms with Gasteiger partial charge in [-0.1, -0.05) is 0 Å². The summed E-state index contributed by atoms with van der Waals surface area (Å²) in [7, 11) is 3.60. The molecule has 5 rings (SSSR count). The molecule has 0 N–H and O–H groups in total. The predicted octanol–water partition coefficient (Wildman–Crippen LogP) is 2.84. The zero-order valence-electron chi connectivity index (χ0n) is 15.2. The Morgan fingerprint density at radius 1 is 1.12 bits per heavy atom. The predicted molar refractivity (Wildman–Crippen MR) is 99.2 cm³/mol. The van der Waals surface area contributed by atoms with Crippen LogP contribution in [0.15, 0.2) is 6.07 Å². The van der Waals surface area contributed by atoms with Crippen LogP contribution >= 0.6 is 11.3 Å². The number of rotatable bonds is 1. The van der Waals surface area contributed by atoms with Crippen molar-refractivity contribution in [3.05, 3.63) is 21.4 Å². The first-order chi connectivity index (χ1) is 12.0. The molecule has 0 saturated carbocycles. The lowest BCUT2D eigenvalue weighted by Crippen LogP contribution is -2.48. The average Bonchev–Trinajstić information content (AvgIpc) is 2.83. The molecule has 5 nitrogen and oxygen atoms in total. The number of hydrogen-bond donors (Lipinski definition) is 0. The fourth-order valence-corrected chi connectivity index (χ4v) is 5.72. The molecular formula is C19H27N3O2S. The van der Waals surface area contributed by atoms with E-state index in [0.717, 1.165) is 43.6 Å². The molecule has 0 unspecified atom stereocenters. The number of amides is 3. The maximum absolute atomic E-state index is 13.2. The minimum atomic E-state index is 0.0674. The zero-order chi connectivity index (χ0) is 17.6. The van der Waals surface area contributed by atoms with Gasteiger partial charge < -0.3 is 14.7 Å². The number of urea groups is 1. The van der Waals surface area contributed by atoms with Crippen LogP contribution in [0.4, 0.5) is 4.79 Å². The number of piperidine rings is 1. The van der Waals surface area contributed by atoms with Gasteiger partial charge in [0.2, 0.25) is 0 Å². The lowest BCUT2D eigenvalue weighted by atomic mass is 9.94. The highest BCUT2D eigenvalue weighted by molar-refractivity contribution is 7.14. The van der Waals surface area contributed by atoms with E-state index in [1.54, 1.807) is 30.3 Å². The summed E-state index contributed by atoms with van der Waals surface area (Å²) in [6, 6.07) is 2.37. The van der Waals surface area contributed by atoms with Gasteiger partial charge in [0.15, 0.2) is 0 Å². The second-order valence-corrected chi connectivity index (χ2v) is 9.04. The van der Waals surface area contributed by atoms with E-state index in [1.165, 1.54) is 23.3 Å². The van der Waals surface area contributed by atoms with Gasteiger partial charge in [-0.05, 0) is 56.1 Å². The Labute approximate surface area is 153 Å². The maximum Gasteiger partial charge on any atom is 0.319 e. The molecule has 1 aromatic rings. The topological polar surface area (TPSA) is 43.9 Å². The van der Waals surface area contributed by atoms with Gasteiger partial charge in [-0.3, -0.25) is 4.79 Å². The molecule has 4 heterocycles. The number of carbonyl (C=O) groups excluding carboxylic acids is 2. The number of carbonyl (C=O) groups is 2. The van der Waals surface area contributed by atoms with Gasteiger partial charge in [0.1, 0.15) is 0 Å². The van der Waals surface area contributed by atoms with Crippen LogP contribution in [0.1, 0.15) is 45.8 Å². The van der Waals surface area contributed by atoms with E-state index in [1.807, 2.05) is 4.90 Å². The molecule has 1 aliphatic carbocycles. The molecule has 3 amide bonds. The van der Waals surface area contributed by atoms with E-state index in [9.17, 15) is 9.59 Å². The molecule has 4 aliphatic rings. The smallest absolute Gasteiger partial charge is 0.319 e. The van der Waals surface area contributed by atoms with Crippen LogP contribution in [-0.2, 0) is 12.8 Å². The van der Waals surface area contributed by atoms with Crippen molar-refractivity contribution in [3.8, 4) is 0 Å². The Balaban J connectivity index is 1.54. The van der Waals surface area contributed by atoms with Gasteiger partial charge in [0, 0.05) is 44.6 Å². The van der Waals surface area contributed by atoms with Gasteiger partial charge in [0.05, 0.1) is 4.88 Å². The van der Waals surface area contributed by atoms with Crippen molar-refractivity contribution in [2.45, 2.75) is 44.6 Å². The Bertz CT molecular complexity index is 661. The molecule has 1 aromatic heterocycles. The van der Waals surface area contributed by atoms with Crippen LogP contribution < -0.4 is 0 Å². The molecule has 25 heavy (non-hydrogen) atoms. The lowest BCUT2D eigenvalue weighted by Gasteiger charge is -2.35. The van der Waals surface area contributed by atoms with E-state index in [0.29, 0.717) is 12.5 Å². The summed E-state index contributed by atoms with van der Waals surface area (Å²) in [5.74, 6) is 0.592. The van der Waals surface area contributed by atoms with E-state index >= 15 is 0 Å². The summed E-state index contributed by atoms with van der Waals surface area (Å²) in [6.45, 7) is 2.24. The Morgan fingerprint density at radius 3 is 2.68 bits per heavy atom. The van der Waals surface area contributed by atoms with Crippen molar-refractivity contribution in [1.29, 1.82) is 0 Å². The van der Waals surface area contributed by atoms with Crippen LogP contribution in [0, 0.1) is 5.92 Å². The maximum atomic E-state index is 13.2. The normalized spacial score (nSPS) is 25.5. The van der Waals surface area contributed by atoms with Crippen LogP contribution in [0.3, 0.4) is 0 Å². The molecule has 3 aliphatic heterocycles.